The number of benzene rings is 1. The third-order valence-corrected chi connectivity index (χ3v) is 4.10. The quantitative estimate of drug-likeness (QED) is 0.779. The first-order chi connectivity index (χ1) is 8.31. The van der Waals surface area contributed by atoms with Crippen molar-refractivity contribution < 1.29 is 9.47 Å². The fraction of sp³-hybridized carbons (Fsp3) is 0.600. The smallest absolute Gasteiger partial charge is 0.128 e. The minimum Gasteiger partial charge on any atom is -0.493 e. The van der Waals surface area contributed by atoms with Crippen LogP contribution in [0.4, 0.5) is 0 Å². The monoisotopic (exact) mass is 232 g/mol. The molecule has 0 bridgehead atoms. The molecule has 0 radical (unpaired) electrons. The summed E-state index contributed by atoms with van der Waals surface area (Å²) in [6, 6.07) is 4.51. The van der Waals surface area contributed by atoms with Crippen molar-refractivity contribution in [3.63, 3.8) is 0 Å². The molecule has 0 aliphatic carbocycles. The highest BCUT2D eigenvalue weighted by molar-refractivity contribution is 5.50. The van der Waals surface area contributed by atoms with Crippen LogP contribution < -0.4 is 4.74 Å². The maximum absolute atomic E-state index is 6.00. The Bertz CT molecular complexity index is 425. The van der Waals surface area contributed by atoms with Gasteiger partial charge >= 0.3 is 0 Å². The highest BCUT2D eigenvalue weighted by Crippen LogP contribution is 2.43. The van der Waals surface area contributed by atoms with Gasteiger partial charge in [-0.3, -0.25) is 0 Å². The van der Waals surface area contributed by atoms with Crippen LogP contribution in [0.1, 0.15) is 43.1 Å². The van der Waals surface area contributed by atoms with E-state index in [1.54, 1.807) is 0 Å². The average Bonchev–Trinajstić information content (AvgIpc) is 2.85. The highest BCUT2D eigenvalue weighted by atomic mass is 16.5. The molecule has 17 heavy (non-hydrogen) atoms. The zero-order chi connectivity index (χ0) is 11.8. The zero-order valence-electron chi connectivity index (χ0n) is 10.7. The van der Waals surface area contributed by atoms with E-state index < -0.39 is 0 Å². The van der Waals surface area contributed by atoms with Gasteiger partial charge in [-0.05, 0) is 23.5 Å². The number of hydrogen-bond acceptors (Lipinski definition) is 2. The van der Waals surface area contributed by atoms with E-state index in [2.05, 4.69) is 26.0 Å². The fourth-order valence-corrected chi connectivity index (χ4v) is 2.89. The Hall–Kier alpha value is -1.02. The molecule has 0 saturated carbocycles. The summed E-state index contributed by atoms with van der Waals surface area (Å²) in [6.07, 6.45) is 3.46. The van der Waals surface area contributed by atoms with Gasteiger partial charge in [0.1, 0.15) is 5.75 Å². The molecule has 92 valence electrons. The minimum absolute atomic E-state index is 0.233. The first-order valence-electron chi connectivity index (χ1n) is 6.70. The van der Waals surface area contributed by atoms with Gasteiger partial charge in [0.15, 0.2) is 0 Å². The van der Waals surface area contributed by atoms with E-state index in [4.69, 9.17) is 9.47 Å². The molecule has 0 N–H and O–H groups in total. The standard InChI is InChI=1S/C15H20O2/c1-3-10(2)14-13-11(6-8-16-14)4-5-12-7-9-17-15(12)13/h4-5,10,14H,3,6-9H2,1-2H3/t10-,14-/m1/s1. The van der Waals surface area contributed by atoms with Gasteiger partial charge in [0.2, 0.25) is 0 Å². The van der Waals surface area contributed by atoms with Crippen molar-refractivity contribution in [2.24, 2.45) is 5.92 Å². The molecular formula is C15H20O2. The largest absolute Gasteiger partial charge is 0.493 e. The van der Waals surface area contributed by atoms with Crippen LogP contribution in [-0.2, 0) is 17.6 Å². The Labute approximate surface area is 103 Å². The molecular weight excluding hydrogens is 212 g/mol. The maximum Gasteiger partial charge on any atom is 0.128 e. The first kappa shape index (κ1) is 11.1. The molecule has 1 aromatic carbocycles. The number of rotatable bonds is 2. The van der Waals surface area contributed by atoms with Gasteiger partial charge in [-0.25, -0.2) is 0 Å². The Balaban J connectivity index is 2.08. The van der Waals surface area contributed by atoms with Gasteiger partial charge < -0.3 is 9.47 Å². The number of fused-ring (bicyclic) bond motifs is 3. The lowest BCUT2D eigenvalue weighted by Crippen LogP contribution is -2.22. The predicted molar refractivity (Wildman–Crippen MR) is 67.5 cm³/mol. The minimum atomic E-state index is 0.233. The van der Waals surface area contributed by atoms with Crippen LogP contribution >= 0.6 is 0 Å². The van der Waals surface area contributed by atoms with Crippen LogP contribution in [0.15, 0.2) is 12.1 Å². The van der Waals surface area contributed by atoms with E-state index in [1.807, 2.05) is 0 Å². The molecule has 3 rings (SSSR count). The fourth-order valence-electron chi connectivity index (χ4n) is 2.89. The lowest BCUT2D eigenvalue weighted by Gasteiger charge is -2.31. The van der Waals surface area contributed by atoms with Gasteiger partial charge in [0.25, 0.3) is 0 Å². The summed E-state index contributed by atoms with van der Waals surface area (Å²) in [5, 5.41) is 0. The molecule has 1 aromatic rings. The Kier molecular flexibility index (Phi) is 2.83. The molecule has 0 fully saturated rings. The molecule has 2 atom stereocenters. The van der Waals surface area contributed by atoms with Crippen molar-refractivity contribution in [3.8, 4) is 5.75 Å². The van der Waals surface area contributed by atoms with Crippen LogP contribution in [0.5, 0.6) is 5.75 Å². The SMILES string of the molecule is CC[C@@H](C)[C@H]1OCCc2ccc3c(c21)OCC3. The van der Waals surface area contributed by atoms with Gasteiger partial charge in [-0.1, -0.05) is 32.4 Å². The average molecular weight is 232 g/mol. The molecule has 0 amide bonds. The van der Waals surface area contributed by atoms with Crippen molar-refractivity contribution in [3.05, 3.63) is 28.8 Å². The topological polar surface area (TPSA) is 18.5 Å². The van der Waals surface area contributed by atoms with Gasteiger partial charge in [-0.2, -0.15) is 0 Å². The lowest BCUT2D eigenvalue weighted by atomic mass is 9.87. The van der Waals surface area contributed by atoms with Crippen molar-refractivity contribution in [1.82, 2.24) is 0 Å². The first-order valence-corrected chi connectivity index (χ1v) is 6.70. The van der Waals surface area contributed by atoms with E-state index in [0.717, 1.165) is 38.2 Å². The lowest BCUT2D eigenvalue weighted by molar-refractivity contribution is 0.00352. The zero-order valence-corrected chi connectivity index (χ0v) is 10.7. The molecule has 2 heterocycles. The van der Waals surface area contributed by atoms with Crippen molar-refractivity contribution in [2.75, 3.05) is 13.2 Å². The molecule has 2 aliphatic rings. The van der Waals surface area contributed by atoms with Crippen LogP contribution in [0.3, 0.4) is 0 Å². The number of hydrogen-bond donors (Lipinski definition) is 0. The van der Waals surface area contributed by atoms with Gasteiger partial charge in [0, 0.05) is 12.0 Å². The molecule has 0 saturated heterocycles. The summed E-state index contributed by atoms with van der Waals surface area (Å²) < 4.78 is 11.8. The summed E-state index contributed by atoms with van der Waals surface area (Å²) in [6.45, 7) is 6.18. The van der Waals surface area contributed by atoms with Crippen molar-refractivity contribution >= 4 is 0 Å². The molecule has 2 heteroatoms. The third kappa shape index (κ3) is 1.75. The second-order valence-electron chi connectivity index (χ2n) is 5.15. The van der Waals surface area contributed by atoms with Crippen LogP contribution in [-0.4, -0.2) is 13.2 Å². The highest BCUT2D eigenvalue weighted by Gasteiger charge is 2.31. The van der Waals surface area contributed by atoms with Crippen LogP contribution in [0.25, 0.3) is 0 Å². The molecule has 0 spiro atoms. The summed E-state index contributed by atoms with van der Waals surface area (Å²) in [4.78, 5) is 0. The van der Waals surface area contributed by atoms with Gasteiger partial charge in [0.05, 0.1) is 19.3 Å². The Morgan fingerprint density at radius 2 is 2.00 bits per heavy atom. The molecule has 2 aliphatic heterocycles. The van der Waals surface area contributed by atoms with E-state index in [1.165, 1.54) is 16.7 Å². The molecule has 0 unspecified atom stereocenters. The van der Waals surface area contributed by atoms with Crippen LogP contribution in [0.2, 0.25) is 0 Å². The molecule has 2 nitrogen and oxygen atoms in total. The predicted octanol–water partition coefficient (Wildman–Crippen LogP) is 3.28. The van der Waals surface area contributed by atoms with E-state index in [0.29, 0.717) is 5.92 Å². The van der Waals surface area contributed by atoms with E-state index in [9.17, 15) is 0 Å². The van der Waals surface area contributed by atoms with Crippen LogP contribution in [0, 0.1) is 5.92 Å². The summed E-state index contributed by atoms with van der Waals surface area (Å²) in [5.41, 5.74) is 4.14. The van der Waals surface area contributed by atoms with Crippen molar-refractivity contribution in [1.29, 1.82) is 0 Å². The molecule has 0 aromatic heterocycles. The Morgan fingerprint density at radius 1 is 1.24 bits per heavy atom. The van der Waals surface area contributed by atoms with E-state index in [-0.39, 0.29) is 6.10 Å². The van der Waals surface area contributed by atoms with Crippen molar-refractivity contribution in [2.45, 2.75) is 39.2 Å². The Morgan fingerprint density at radius 3 is 2.82 bits per heavy atom. The van der Waals surface area contributed by atoms with E-state index >= 15 is 0 Å². The third-order valence-electron chi connectivity index (χ3n) is 4.10. The summed E-state index contributed by atoms with van der Waals surface area (Å²) in [7, 11) is 0. The maximum atomic E-state index is 6.00. The number of ether oxygens (including phenoxy) is 2. The second kappa shape index (κ2) is 4.34. The normalized spacial score (nSPS) is 23.8. The summed E-state index contributed by atoms with van der Waals surface area (Å²) in [5.74, 6) is 1.69. The second-order valence-corrected chi connectivity index (χ2v) is 5.15. The van der Waals surface area contributed by atoms with Gasteiger partial charge in [-0.15, -0.1) is 0 Å². The summed E-state index contributed by atoms with van der Waals surface area (Å²) >= 11 is 0.